The van der Waals surface area contributed by atoms with Crippen molar-refractivity contribution < 1.29 is 37.1 Å². The Labute approximate surface area is 308 Å². The van der Waals surface area contributed by atoms with E-state index >= 15 is 0 Å². The molecule has 0 radical (unpaired) electrons. The molecule has 1 aromatic rings. The van der Waals surface area contributed by atoms with Crippen LogP contribution in [0.5, 0.6) is 5.75 Å². The molecule has 11 heteroatoms. The van der Waals surface area contributed by atoms with Gasteiger partial charge >= 0.3 is 0 Å². The zero-order valence-electron chi connectivity index (χ0n) is 34.9. The number of benzene rings is 1. The lowest BCUT2D eigenvalue weighted by atomic mass is 9.81. The Bertz CT molecular complexity index is 1260. The third-order valence-electron chi connectivity index (χ3n) is 12.1. The van der Waals surface area contributed by atoms with Crippen LogP contribution in [0.3, 0.4) is 0 Å². The second-order valence-corrected chi connectivity index (χ2v) is 33.6. The first kappa shape index (κ1) is 45.0. The summed E-state index contributed by atoms with van der Waals surface area (Å²) in [5.74, 6) is -1.01. The maximum atomic E-state index is 14.8. The van der Waals surface area contributed by atoms with Gasteiger partial charge in [0.2, 0.25) is 0 Å². The van der Waals surface area contributed by atoms with E-state index in [1.165, 1.54) is 0 Å². The predicted octanol–water partition coefficient (Wildman–Crippen LogP) is 9.44. The molecule has 0 saturated carbocycles. The summed E-state index contributed by atoms with van der Waals surface area (Å²) in [5.41, 5.74) is 0.286. The Kier molecular flexibility index (Phi) is 14.8. The lowest BCUT2D eigenvalue weighted by Crippen LogP contribution is -2.56. The van der Waals surface area contributed by atoms with Crippen molar-refractivity contribution in [2.45, 2.75) is 155 Å². The van der Waals surface area contributed by atoms with Gasteiger partial charge < -0.3 is 32.3 Å². The quantitative estimate of drug-likeness (QED) is 0.0598. The van der Waals surface area contributed by atoms with Crippen LogP contribution in [0.1, 0.15) is 81.7 Å². The van der Waals surface area contributed by atoms with Crippen molar-refractivity contribution in [1.29, 1.82) is 0 Å². The van der Waals surface area contributed by atoms with Crippen molar-refractivity contribution in [3.05, 3.63) is 29.8 Å². The van der Waals surface area contributed by atoms with Gasteiger partial charge in [-0.2, -0.15) is 0 Å². The van der Waals surface area contributed by atoms with Crippen LogP contribution in [0.4, 0.5) is 0 Å². The Morgan fingerprint density at radius 3 is 1.74 bits per heavy atom. The molecular weight excluding hydrogens is 681 g/mol. The van der Waals surface area contributed by atoms with Crippen LogP contribution in [0.15, 0.2) is 24.3 Å². The van der Waals surface area contributed by atoms with Gasteiger partial charge in [0.1, 0.15) is 17.6 Å². The number of ether oxygens (including phenoxy) is 3. The molecule has 1 aromatic carbocycles. The molecule has 1 unspecified atom stereocenters. The number of aldehydes is 1. The van der Waals surface area contributed by atoms with Gasteiger partial charge in [0.15, 0.2) is 30.7 Å². The van der Waals surface area contributed by atoms with E-state index in [-0.39, 0.29) is 46.1 Å². The van der Waals surface area contributed by atoms with Crippen LogP contribution in [0.25, 0.3) is 0 Å². The first-order valence-corrected chi connectivity index (χ1v) is 27.1. The molecule has 6 atom stereocenters. The molecule has 1 fully saturated rings. The molecule has 1 saturated heterocycles. The van der Waals surface area contributed by atoms with Crippen LogP contribution in [-0.2, 0) is 38.9 Å². The van der Waals surface area contributed by atoms with Crippen molar-refractivity contribution >= 4 is 37.0 Å². The second-order valence-electron chi connectivity index (χ2n) is 19.3. The predicted molar refractivity (Wildman–Crippen MR) is 212 cm³/mol. The van der Waals surface area contributed by atoms with Crippen molar-refractivity contribution in [2.75, 3.05) is 26.9 Å². The molecule has 0 spiro atoms. The van der Waals surface area contributed by atoms with Crippen molar-refractivity contribution in [1.82, 2.24) is 0 Å². The third-order valence-corrected chi connectivity index (χ3v) is 25.6. The summed E-state index contributed by atoms with van der Waals surface area (Å²) in [7, 11) is -5.30. The molecule has 2 rings (SSSR count). The highest BCUT2D eigenvalue weighted by molar-refractivity contribution is 6.75. The zero-order chi connectivity index (χ0) is 38.7. The summed E-state index contributed by atoms with van der Waals surface area (Å²) in [6, 6.07) is 7.86. The molecule has 8 nitrogen and oxygen atoms in total. The number of Topliss-reactive ketones (excluding diaryl/α,β-unsaturated/α-hetero) is 1. The van der Waals surface area contributed by atoms with Crippen molar-refractivity contribution in [3.8, 4) is 5.75 Å². The van der Waals surface area contributed by atoms with E-state index in [1.54, 1.807) is 7.11 Å². The SMILES string of the molecule is COc1ccc(COC[C@H](C)[C@H]2OC2(C)[C@@H](O[Si](C)(C)C(C)(C)C)[C@@H](CO[Si](C)(C)C(C)(C)C)C(=O)[C@H](C=O)CO[Si](C)(C)C(C)(C)C)cc1. The fraction of sp³-hybridized carbons (Fsp3) is 0.795. The molecular formula is C39H72O8Si3. The van der Waals surface area contributed by atoms with Gasteiger partial charge in [-0.3, -0.25) is 4.79 Å². The van der Waals surface area contributed by atoms with E-state index in [4.69, 9.17) is 27.5 Å². The van der Waals surface area contributed by atoms with Gasteiger partial charge in [0.05, 0.1) is 51.0 Å². The lowest BCUT2D eigenvalue weighted by Gasteiger charge is -2.44. The van der Waals surface area contributed by atoms with Gasteiger partial charge in [0, 0.05) is 12.5 Å². The van der Waals surface area contributed by atoms with Gasteiger partial charge in [-0.05, 0) is 79.0 Å². The van der Waals surface area contributed by atoms with Crippen LogP contribution in [0.2, 0.25) is 54.4 Å². The molecule has 0 amide bonds. The van der Waals surface area contributed by atoms with Crippen LogP contribution < -0.4 is 4.74 Å². The van der Waals surface area contributed by atoms with Gasteiger partial charge in [-0.15, -0.1) is 0 Å². The van der Waals surface area contributed by atoms with Crippen molar-refractivity contribution in [2.24, 2.45) is 17.8 Å². The molecule has 1 heterocycles. The molecule has 1 aliphatic heterocycles. The average molecular weight is 753 g/mol. The minimum Gasteiger partial charge on any atom is -0.497 e. The number of carbonyl (C=O) groups excluding carboxylic acids is 2. The zero-order valence-corrected chi connectivity index (χ0v) is 37.9. The van der Waals surface area contributed by atoms with Crippen LogP contribution in [-0.4, -0.2) is 81.8 Å². The number of hydrogen-bond donors (Lipinski definition) is 0. The fourth-order valence-electron chi connectivity index (χ4n) is 5.23. The molecule has 0 bridgehead atoms. The Hall–Kier alpha value is -1.19. The number of ketones is 1. The fourth-order valence-corrected chi connectivity index (χ4v) is 8.67. The number of hydrogen-bond acceptors (Lipinski definition) is 8. The topological polar surface area (TPSA) is 92.8 Å². The minimum atomic E-state index is -2.45. The number of rotatable bonds is 19. The van der Waals surface area contributed by atoms with Gasteiger partial charge in [0.25, 0.3) is 0 Å². The molecule has 0 aromatic heterocycles. The summed E-state index contributed by atoms with van der Waals surface area (Å²) in [6.45, 7) is 38.1. The molecule has 0 N–H and O–H groups in total. The molecule has 288 valence electrons. The Balaban J connectivity index is 2.50. The maximum absolute atomic E-state index is 14.8. The molecule has 1 aliphatic rings. The smallest absolute Gasteiger partial charge is 0.192 e. The van der Waals surface area contributed by atoms with Gasteiger partial charge in [-0.25, -0.2) is 0 Å². The van der Waals surface area contributed by atoms with E-state index in [9.17, 15) is 9.59 Å². The maximum Gasteiger partial charge on any atom is 0.192 e. The van der Waals surface area contributed by atoms with E-state index in [2.05, 4.69) is 115 Å². The largest absolute Gasteiger partial charge is 0.497 e. The Morgan fingerprint density at radius 1 is 0.820 bits per heavy atom. The highest BCUT2D eigenvalue weighted by atomic mass is 28.4. The number of epoxide rings is 1. The monoisotopic (exact) mass is 752 g/mol. The lowest BCUT2D eigenvalue weighted by molar-refractivity contribution is -0.137. The van der Waals surface area contributed by atoms with Crippen LogP contribution in [0, 0.1) is 17.8 Å². The number of carbonyl (C=O) groups is 2. The van der Waals surface area contributed by atoms with Gasteiger partial charge in [-0.1, -0.05) is 81.4 Å². The summed E-state index contributed by atoms with van der Waals surface area (Å²) in [4.78, 5) is 27.5. The first-order valence-electron chi connectivity index (χ1n) is 18.4. The molecule has 0 aliphatic carbocycles. The van der Waals surface area contributed by atoms with E-state index in [1.807, 2.05) is 24.3 Å². The minimum absolute atomic E-state index is 0.0320. The van der Waals surface area contributed by atoms with Crippen LogP contribution >= 0.6 is 0 Å². The highest BCUT2D eigenvalue weighted by Gasteiger charge is 2.64. The van der Waals surface area contributed by atoms with E-state index < -0.39 is 48.5 Å². The second kappa shape index (κ2) is 16.4. The summed E-state index contributed by atoms with van der Waals surface area (Å²) in [6.07, 6.45) is -0.0546. The summed E-state index contributed by atoms with van der Waals surface area (Å²) < 4.78 is 38.6. The normalized spacial score (nSPS) is 21.7. The summed E-state index contributed by atoms with van der Waals surface area (Å²) >= 11 is 0. The number of methoxy groups -OCH3 is 1. The van der Waals surface area contributed by atoms with E-state index in [0.717, 1.165) is 17.6 Å². The Morgan fingerprint density at radius 2 is 1.30 bits per heavy atom. The standard InChI is InChI=1S/C39H72O8Si3/c1-28(24-43-25-29-19-21-31(42-12)22-20-29)34-39(11,46-34)35(47-50(17,18)38(8,9)10)32(27-45-49(15,16)37(5,6)7)33(41)30(23-40)26-44-48(13,14)36(2,3)4/h19-23,28,30,32,34-35H,24-27H2,1-18H3/t28-,30+,32-,34+,35-,39?/m0/s1. The molecule has 50 heavy (non-hydrogen) atoms. The van der Waals surface area contributed by atoms with Crippen molar-refractivity contribution in [3.63, 3.8) is 0 Å². The van der Waals surface area contributed by atoms with E-state index in [0.29, 0.717) is 13.2 Å². The first-order chi connectivity index (χ1) is 22.5. The average Bonchev–Trinajstić information content (AvgIpc) is 3.67. The highest BCUT2D eigenvalue weighted by Crippen LogP contribution is 2.51. The summed E-state index contributed by atoms with van der Waals surface area (Å²) in [5, 5.41) is -0.247. The third kappa shape index (κ3) is 11.2.